The maximum atomic E-state index is 8.32. The van der Waals surface area contributed by atoms with E-state index < -0.39 is 0 Å². The van der Waals surface area contributed by atoms with Crippen LogP contribution < -0.4 is 99.7 Å². The van der Waals surface area contributed by atoms with Crippen molar-refractivity contribution >= 4 is 71.5 Å². The molecule has 0 aromatic heterocycles. The summed E-state index contributed by atoms with van der Waals surface area (Å²) in [6.07, 6.45) is 14.9. The Bertz CT molecular complexity index is 2690. The molecule has 47 nitrogen and oxygen atoms in total. The van der Waals surface area contributed by atoms with Gasteiger partial charge in [-0.1, -0.05) is 10.9 Å². The van der Waals surface area contributed by atoms with Crippen LogP contribution in [0.2, 0.25) is 0 Å². The predicted octanol–water partition coefficient (Wildman–Crippen LogP) is -8.34. The van der Waals surface area contributed by atoms with E-state index in [0.29, 0.717) is 23.8 Å². The molecule has 0 aliphatic carbocycles. The summed E-state index contributed by atoms with van der Waals surface area (Å²) in [4.78, 5) is 52.4. The number of nitrogens with two attached hydrogens (primary N) is 9. The quantitative estimate of drug-likeness (QED) is 0.0267. The van der Waals surface area contributed by atoms with Crippen LogP contribution in [-0.2, 0) is 0 Å². The summed E-state index contributed by atoms with van der Waals surface area (Å²) < 4.78 is 0. The number of aliphatic imine (C=N–C) groups is 11. The Balaban J connectivity index is -0.0000000751. The van der Waals surface area contributed by atoms with Crippen molar-refractivity contribution in [3.8, 4) is 55.7 Å². The molecule has 0 bridgehead atoms. The van der Waals surface area contributed by atoms with E-state index >= 15 is 0 Å². The molecule has 0 aliphatic rings. The summed E-state index contributed by atoms with van der Waals surface area (Å²) in [6, 6.07) is 0. The highest BCUT2D eigenvalue weighted by Crippen LogP contribution is 1.80. The second-order valence-electron chi connectivity index (χ2n) is 13.6. The van der Waals surface area contributed by atoms with E-state index in [2.05, 4.69) is 113 Å². The molecule has 0 atom stereocenters. The largest absolute Gasteiger partial charge is 0.370 e. The van der Waals surface area contributed by atoms with Crippen LogP contribution in [0.15, 0.2) is 54.9 Å². The first kappa shape index (κ1) is 105. The summed E-state index contributed by atoms with van der Waals surface area (Å²) in [6.45, 7) is 12.7. The van der Waals surface area contributed by atoms with Gasteiger partial charge in [0.15, 0.2) is 67.2 Å². The topological polar surface area (TPSA) is 745 Å². The van der Waals surface area contributed by atoms with Crippen molar-refractivity contribution in [2.75, 3.05) is 148 Å². The summed E-state index contributed by atoms with van der Waals surface area (Å²) in [5.41, 5.74) is 49.8. The molecule has 0 saturated carbocycles. The minimum atomic E-state index is -0.0972. The molecule has 0 unspecified atom stereocenters. The van der Waals surface area contributed by atoms with Gasteiger partial charge in [-0.25, -0.2) is 4.90 Å². The molecule has 0 spiro atoms. The SMILES string of the molecule is CN(C#N)C(N)=NC#N.CN(C)C(=N)N.CN(C)C(N)=NC#N.CN=C(N)N.CN=C(N)N(C)C#N.CN=C(N)NC.CN=C(N)NC.CN=C(N)NC#N.CN=C(NC#N)N(C)C.CN=C(NC#N)NC#N.[C-]#[N+]NC(=NC)N(C)C#N.[C-]#[N+]NC(=NC)NC. The fourth-order valence-electron chi connectivity index (χ4n) is 2.18. The molecule has 0 rings (SSSR count). The van der Waals surface area contributed by atoms with Crippen LogP contribution >= 0.6 is 0 Å². The molecule has 47 heteroatoms. The Morgan fingerprint density at radius 1 is 0.385 bits per heavy atom. The lowest BCUT2D eigenvalue weighted by Gasteiger charge is -2.11. The molecule has 0 saturated heterocycles. The average molecular weight is 1280 g/mol. The standard InChI is InChI=1S/C5H7N5.C5H10N4.2C4H5N5.3C4H8N4.C3H6N4.3C3H9N3.C2H7N3/c1-7-5(9-8-2)10(3)4-6;1-7-5(8-4-6)9(2)3;1-9(3-6)4(7)8-2-5;1-7-4(8-2-5)9-3-6;1-8(2)4(6)7-3-5;1-7-4(6)8(2)3-5;1-5-4(6-2)8-7-3;1-6-3(5)7-2-4;1-6(2)3(4)5;2*1-5-3(4)6-2;1-5-2(3)4/h1,3H3,(H,7,9);1-3H3,(H,7,8);1H3,(H2,7,8);1H3,(H2,7,8,9);2*1-2H3,(H2,6,7);1-2H3,(H2,5,6,8);1H3,(H3,5,6,7);1-2H3,(H3,4,5);2*1-2H3,(H3,4,5,6);1H3,(H4,3,4,5). The fourth-order valence-corrected chi connectivity index (χ4v) is 2.18. The van der Waals surface area contributed by atoms with Gasteiger partial charge in [-0.15, -0.1) is 9.98 Å². The highest BCUT2D eigenvalue weighted by atomic mass is 15.4. The van der Waals surface area contributed by atoms with Gasteiger partial charge in [0.1, 0.15) is 0 Å². The van der Waals surface area contributed by atoms with Gasteiger partial charge < -0.3 is 82.3 Å². The lowest BCUT2D eigenvalue weighted by atomic mass is 10.8. The van der Waals surface area contributed by atoms with Gasteiger partial charge in [-0.05, 0) is 0 Å². The summed E-state index contributed by atoms with van der Waals surface area (Å²) >= 11 is 0. The number of hydrogen-bond acceptors (Lipinski definition) is 21. The zero-order valence-corrected chi connectivity index (χ0v) is 55.2. The first-order valence-electron chi connectivity index (χ1n) is 23.5. The van der Waals surface area contributed by atoms with Gasteiger partial charge >= 0.3 is 0 Å². The van der Waals surface area contributed by atoms with Crippen LogP contribution in [0.3, 0.4) is 0 Å². The van der Waals surface area contributed by atoms with Crippen molar-refractivity contribution < 1.29 is 0 Å². The molecule has 91 heavy (non-hydrogen) atoms. The second-order valence-corrected chi connectivity index (χ2v) is 13.6. The van der Waals surface area contributed by atoms with E-state index in [1.165, 1.54) is 65.3 Å². The van der Waals surface area contributed by atoms with Crippen LogP contribution in [-0.4, -0.2) is 249 Å². The van der Waals surface area contributed by atoms with Crippen molar-refractivity contribution in [3.63, 3.8) is 0 Å². The second kappa shape index (κ2) is 84.4. The molecule has 0 fully saturated rings. The molecule has 0 aliphatic heterocycles. The minimum Gasteiger partial charge on any atom is -0.370 e. The lowest BCUT2D eigenvalue weighted by molar-refractivity contribution is 0.601. The van der Waals surface area contributed by atoms with Crippen LogP contribution in [0.5, 0.6) is 0 Å². The first-order valence-corrected chi connectivity index (χ1v) is 23.5. The normalized spacial score (nSPS) is 9.41. The summed E-state index contributed by atoms with van der Waals surface area (Å²) in [5, 5.41) is 95.9. The number of nitrogens with zero attached hydrogens (tertiary/aromatic N) is 28. The minimum absolute atomic E-state index is 0.0926. The van der Waals surface area contributed by atoms with Gasteiger partial charge in [-0.2, -0.15) is 70.4 Å². The van der Waals surface area contributed by atoms with Gasteiger partial charge in [-0.3, -0.25) is 81.4 Å². The Labute approximate surface area is 533 Å². The molecule has 0 radical (unpaired) electrons. The van der Waals surface area contributed by atoms with Crippen LogP contribution in [0.4, 0.5) is 0 Å². The van der Waals surface area contributed by atoms with E-state index in [0.717, 1.165) is 9.80 Å². The zero-order chi connectivity index (χ0) is 74.3. The van der Waals surface area contributed by atoms with Crippen LogP contribution in [0.1, 0.15) is 0 Å². The van der Waals surface area contributed by atoms with Crippen molar-refractivity contribution in [1.29, 1.82) is 52.8 Å². The third-order valence-corrected chi connectivity index (χ3v) is 7.00. The average Bonchev–Trinajstić information content (AvgIpc) is 3.70. The number of hydrogen-bond donors (Lipinski definition) is 19. The Hall–Kier alpha value is -14.4. The molecule has 0 aromatic carbocycles. The fraction of sp³-hybridized carbons (Fsp3) is 0.477. The third-order valence-electron chi connectivity index (χ3n) is 7.00. The third kappa shape index (κ3) is 101. The van der Waals surface area contributed by atoms with E-state index in [1.807, 2.05) is 14.1 Å². The highest BCUT2D eigenvalue weighted by molar-refractivity contribution is 5.83. The van der Waals surface area contributed by atoms with Crippen LogP contribution in [0, 0.1) is 122 Å². The Morgan fingerprint density at radius 3 is 0.868 bits per heavy atom. The predicted molar refractivity (Wildman–Crippen MR) is 355 cm³/mol. The summed E-state index contributed by atoms with van der Waals surface area (Å²) in [7, 11) is 34.1. The molecule has 502 valence electrons. The number of nitrogens with one attached hydrogen (secondary N) is 10. The molecule has 0 amide bonds. The van der Waals surface area contributed by atoms with Gasteiger partial charge in [0.05, 0.1) is 0 Å². The van der Waals surface area contributed by atoms with Gasteiger partial charge in [0.2, 0.25) is 48.1 Å². The first-order chi connectivity index (χ1) is 42.6. The van der Waals surface area contributed by atoms with Crippen molar-refractivity contribution in [2.45, 2.75) is 0 Å². The monoisotopic (exact) mass is 1280 g/mol. The zero-order valence-electron chi connectivity index (χ0n) is 55.2. The lowest BCUT2D eigenvalue weighted by Crippen LogP contribution is -2.32. The van der Waals surface area contributed by atoms with E-state index in [1.54, 1.807) is 144 Å². The van der Waals surface area contributed by atoms with Crippen molar-refractivity contribution in [1.82, 2.24) is 77.5 Å². The maximum Gasteiger partial charge on any atom is 0.277 e. The Kier molecular flexibility index (Phi) is 97.4. The summed E-state index contributed by atoms with van der Waals surface area (Å²) in [5.74, 6) is 3.11. The van der Waals surface area contributed by atoms with E-state index in [9.17, 15) is 0 Å². The molecular formula is C44H91N47. The van der Waals surface area contributed by atoms with E-state index in [-0.39, 0.29) is 47.7 Å². The van der Waals surface area contributed by atoms with Gasteiger partial charge in [0.25, 0.3) is 11.9 Å². The number of nitriles is 9. The maximum absolute atomic E-state index is 8.32. The molecule has 28 N–H and O–H groups in total. The van der Waals surface area contributed by atoms with E-state index in [4.69, 9.17) is 118 Å². The van der Waals surface area contributed by atoms with Crippen molar-refractivity contribution in [3.05, 3.63) is 23.1 Å². The molecule has 0 heterocycles. The van der Waals surface area contributed by atoms with Crippen molar-refractivity contribution in [2.24, 2.45) is 107 Å². The number of guanidine groups is 12. The number of rotatable bonds is 0. The highest BCUT2D eigenvalue weighted by Gasteiger charge is 2.04. The molecular weight excluding hydrogens is 1190 g/mol. The smallest absolute Gasteiger partial charge is 0.277 e. The molecule has 0 aromatic rings. The Morgan fingerprint density at radius 2 is 0.725 bits per heavy atom. The van der Waals surface area contributed by atoms with Gasteiger partial charge in [0, 0.05) is 148 Å². The van der Waals surface area contributed by atoms with Crippen LogP contribution in [0.25, 0.3) is 9.91 Å².